The van der Waals surface area contributed by atoms with Crippen molar-refractivity contribution in [2.75, 3.05) is 25.0 Å². The summed E-state index contributed by atoms with van der Waals surface area (Å²) < 4.78 is 17.0. The molecule has 28 heavy (non-hydrogen) atoms. The number of aromatic carboxylic acids is 1. The Morgan fingerprint density at radius 3 is 2.43 bits per heavy atom. The second kappa shape index (κ2) is 6.19. The van der Waals surface area contributed by atoms with Crippen molar-refractivity contribution in [3.05, 3.63) is 38.9 Å². The average molecular weight is 406 g/mol. The molecule has 3 saturated heterocycles. The van der Waals surface area contributed by atoms with Crippen molar-refractivity contribution in [1.82, 2.24) is 9.47 Å². The van der Waals surface area contributed by atoms with Crippen LogP contribution >= 0.6 is 11.6 Å². The molecule has 1 N–H and O–H groups in total. The van der Waals surface area contributed by atoms with Crippen molar-refractivity contribution in [2.45, 2.75) is 43.8 Å². The van der Waals surface area contributed by atoms with Crippen LogP contribution in [0, 0.1) is 5.82 Å². The van der Waals surface area contributed by atoms with Crippen LogP contribution in [0.3, 0.4) is 0 Å². The van der Waals surface area contributed by atoms with Gasteiger partial charge in [-0.15, -0.1) is 0 Å². The Balaban J connectivity index is 1.75. The smallest absolute Gasteiger partial charge is 0.341 e. The van der Waals surface area contributed by atoms with Crippen molar-refractivity contribution in [3.8, 4) is 0 Å². The molecule has 148 valence electrons. The number of likely N-dealkylation sites (N-methyl/N-ethyl adjacent to an activating group) is 1. The summed E-state index contributed by atoms with van der Waals surface area (Å²) in [4.78, 5) is 28.5. The quantitative estimate of drug-likeness (QED) is 0.850. The fourth-order valence-electron chi connectivity index (χ4n) is 4.80. The van der Waals surface area contributed by atoms with E-state index >= 15 is 4.39 Å². The summed E-state index contributed by atoms with van der Waals surface area (Å²) >= 11 is 6.73. The van der Waals surface area contributed by atoms with Crippen LogP contribution in [0.5, 0.6) is 0 Å². The Kier molecular flexibility index (Phi) is 3.97. The minimum atomic E-state index is -1.31. The molecule has 8 heteroatoms. The lowest BCUT2D eigenvalue weighted by Gasteiger charge is -2.51. The number of carbonyl (C=O) groups is 1. The molecular formula is C20H21ClFN3O3. The number of rotatable bonds is 3. The lowest BCUT2D eigenvalue weighted by molar-refractivity contribution is 0.0695. The van der Waals surface area contributed by atoms with Gasteiger partial charge in [-0.05, 0) is 38.8 Å². The number of nitrogens with zero attached hydrogens (tertiary/aromatic N) is 3. The number of benzene rings is 1. The van der Waals surface area contributed by atoms with Crippen LogP contribution in [-0.2, 0) is 0 Å². The first-order valence-corrected chi connectivity index (χ1v) is 10.0. The van der Waals surface area contributed by atoms with Gasteiger partial charge in [0.05, 0.1) is 21.6 Å². The van der Waals surface area contributed by atoms with Gasteiger partial charge in [0.2, 0.25) is 5.43 Å². The second-order valence-electron chi connectivity index (χ2n) is 8.21. The Labute approximate surface area is 166 Å². The van der Waals surface area contributed by atoms with Crippen LogP contribution in [0.25, 0.3) is 10.9 Å². The molecule has 2 atom stereocenters. The molecular weight excluding hydrogens is 385 g/mol. The van der Waals surface area contributed by atoms with Crippen molar-refractivity contribution < 1.29 is 14.3 Å². The number of fused-ring (bicyclic) bond motifs is 4. The number of hydrogen-bond acceptors (Lipinski definition) is 4. The summed E-state index contributed by atoms with van der Waals surface area (Å²) in [7, 11) is 2.09. The summed E-state index contributed by atoms with van der Waals surface area (Å²) in [5.74, 6) is -1.87. The first kappa shape index (κ1) is 17.9. The van der Waals surface area contributed by atoms with E-state index in [0.717, 1.165) is 32.2 Å². The van der Waals surface area contributed by atoms with Gasteiger partial charge >= 0.3 is 5.97 Å². The molecule has 6 rings (SSSR count). The topological polar surface area (TPSA) is 65.8 Å². The molecule has 0 spiro atoms. The van der Waals surface area contributed by atoms with Gasteiger partial charge in [-0.1, -0.05) is 11.6 Å². The first-order chi connectivity index (χ1) is 13.4. The molecule has 2 unspecified atom stereocenters. The minimum Gasteiger partial charge on any atom is -0.477 e. The van der Waals surface area contributed by atoms with E-state index in [4.69, 9.17) is 11.6 Å². The number of anilines is 1. The van der Waals surface area contributed by atoms with Gasteiger partial charge in [-0.2, -0.15) is 0 Å². The van der Waals surface area contributed by atoms with Crippen LogP contribution in [0.15, 0.2) is 17.1 Å². The third kappa shape index (κ3) is 2.56. The number of aromatic nitrogens is 1. The van der Waals surface area contributed by atoms with Crippen molar-refractivity contribution in [1.29, 1.82) is 0 Å². The maximum Gasteiger partial charge on any atom is 0.341 e. The normalized spacial score (nSPS) is 24.9. The van der Waals surface area contributed by atoms with E-state index in [-0.39, 0.29) is 28.1 Å². The lowest BCUT2D eigenvalue weighted by atomic mass is 9.90. The van der Waals surface area contributed by atoms with Gasteiger partial charge in [-0.25, -0.2) is 9.18 Å². The summed E-state index contributed by atoms with van der Waals surface area (Å²) in [6, 6.07) is 1.81. The summed E-state index contributed by atoms with van der Waals surface area (Å²) in [6.45, 7) is 1.55. The van der Waals surface area contributed by atoms with E-state index in [1.165, 1.54) is 12.3 Å². The Hall–Kier alpha value is -2.12. The summed E-state index contributed by atoms with van der Waals surface area (Å²) in [6.07, 6.45) is 5.21. The van der Waals surface area contributed by atoms with Gasteiger partial charge in [0.1, 0.15) is 11.4 Å². The van der Waals surface area contributed by atoms with Gasteiger partial charge in [0, 0.05) is 37.4 Å². The number of halogens is 2. The van der Waals surface area contributed by atoms with E-state index in [2.05, 4.69) is 11.9 Å². The standard InChI is InChI=1S/C20H21ClFN3O3/c1-23-7-12-5-4-11(23)8-24(12)18-15(22)6-13-17(16(18)21)25(10-2-3-10)9-14(19(13)26)20(27)28/h6,9-12H,2-5,7-8H2,1H3,(H,27,28). The van der Waals surface area contributed by atoms with E-state index in [1.807, 2.05) is 4.90 Å². The van der Waals surface area contributed by atoms with Crippen LogP contribution in [-0.4, -0.2) is 52.8 Å². The van der Waals surface area contributed by atoms with Gasteiger partial charge in [0.15, 0.2) is 0 Å². The molecule has 4 heterocycles. The molecule has 6 nitrogen and oxygen atoms in total. The average Bonchev–Trinajstić information content (AvgIpc) is 3.48. The summed E-state index contributed by atoms with van der Waals surface area (Å²) in [5, 5.41) is 9.65. The third-order valence-electron chi connectivity index (χ3n) is 6.45. The van der Waals surface area contributed by atoms with Gasteiger partial charge in [0.25, 0.3) is 0 Å². The van der Waals surface area contributed by atoms with Crippen molar-refractivity contribution in [2.24, 2.45) is 0 Å². The number of carboxylic acid groups (broad SMARTS) is 1. The predicted octanol–water partition coefficient (Wildman–Crippen LogP) is 3.11. The van der Waals surface area contributed by atoms with Crippen molar-refractivity contribution >= 4 is 34.2 Å². The fourth-order valence-corrected chi connectivity index (χ4v) is 5.20. The zero-order chi connectivity index (χ0) is 19.7. The largest absolute Gasteiger partial charge is 0.477 e. The highest BCUT2D eigenvalue weighted by molar-refractivity contribution is 6.38. The molecule has 1 aromatic heterocycles. The maximum absolute atomic E-state index is 15.2. The van der Waals surface area contributed by atoms with Gasteiger partial charge in [-0.3, -0.25) is 9.69 Å². The number of hydrogen-bond donors (Lipinski definition) is 1. The predicted molar refractivity (Wildman–Crippen MR) is 105 cm³/mol. The molecule has 2 aromatic rings. The summed E-state index contributed by atoms with van der Waals surface area (Å²) in [5.41, 5.74) is -0.243. The molecule has 1 aliphatic carbocycles. The number of piperazine rings is 1. The maximum atomic E-state index is 15.2. The molecule has 1 saturated carbocycles. The Morgan fingerprint density at radius 1 is 1.18 bits per heavy atom. The fraction of sp³-hybridized carbons (Fsp3) is 0.500. The highest BCUT2D eigenvalue weighted by atomic mass is 35.5. The zero-order valence-electron chi connectivity index (χ0n) is 15.5. The number of pyridine rings is 1. The van der Waals surface area contributed by atoms with Crippen LogP contribution in [0.2, 0.25) is 5.02 Å². The van der Waals surface area contributed by atoms with E-state index in [9.17, 15) is 14.7 Å². The SMILES string of the molecule is CN1CC2CCC1CN2c1c(F)cc2c(=O)c(C(=O)O)cn(C3CC3)c2c1Cl. The second-order valence-corrected chi connectivity index (χ2v) is 8.59. The van der Waals surface area contributed by atoms with E-state index in [1.54, 1.807) is 4.57 Å². The molecule has 1 aromatic carbocycles. The third-order valence-corrected chi connectivity index (χ3v) is 6.80. The Morgan fingerprint density at radius 2 is 1.86 bits per heavy atom. The van der Waals surface area contributed by atoms with Crippen molar-refractivity contribution in [3.63, 3.8) is 0 Å². The molecule has 2 bridgehead atoms. The molecule has 3 aliphatic heterocycles. The Bertz CT molecular complexity index is 1070. The molecule has 4 fully saturated rings. The van der Waals surface area contributed by atoms with Gasteiger partial charge < -0.3 is 14.6 Å². The molecule has 4 aliphatic rings. The number of carboxylic acids is 1. The van der Waals surface area contributed by atoms with Crippen LogP contribution in [0.1, 0.15) is 42.1 Å². The lowest BCUT2D eigenvalue weighted by Crippen LogP contribution is -2.61. The molecule has 0 amide bonds. The molecule has 0 radical (unpaired) electrons. The minimum absolute atomic E-state index is 0.0392. The van der Waals surface area contributed by atoms with E-state index < -0.39 is 17.2 Å². The van der Waals surface area contributed by atoms with E-state index in [0.29, 0.717) is 23.8 Å². The highest BCUT2D eigenvalue weighted by Crippen LogP contribution is 2.44. The van der Waals surface area contributed by atoms with Crippen LogP contribution in [0.4, 0.5) is 10.1 Å². The zero-order valence-corrected chi connectivity index (χ0v) is 16.2. The number of piperidine rings is 2. The monoisotopic (exact) mass is 405 g/mol. The van der Waals surface area contributed by atoms with Crippen LogP contribution < -0.4 is 10.3 Å². The highest BCUT2D eigenvalue weighted by Gasteiger charge is 2.40. The first-order valence-electron chi connectivity index (χ1n) is 9.64.